The monoisotopic (exact) mass is 571 g/mol. The van der Waals surface area contributed by atoms with E-state index in [1.807, 2.05) is 0 Å². The molecule has 0 radical (unpaired) electrons. The number of hydrogen-bond acceptors (Lipinski definition) is 1. The Morgan fingerprint density at radius 1 is 0.289 bits per heavy atom. The van der Waals surface area contributed by atoms with E-state index in [4.69, 9.17) is 0 Å². The van der Waals surface area contributed by atoms with Crippen molar-refractivity contribution in [3.05, 3.63) is 176 Å². The van der Waals surface area contributed by atoms with Crippen LogP contribution < -0.4 is 4.90 Å². The molecule has 0 aliphatic heterocycles. The van der Waals surface area contributed by atoms with Gasteiger partial charge in [-0.3, -0.25) is 0 Å². The summed E-state index contributed by atoms with van der Waals surface area (Å²) in [5.74, 6) is 0. The van der Waals surface area contributed by atoms with Gasteiger partial charge >= 0.3 is 0 Å². The Morgan fingerprint density at radius 3 is 1.69 bits per heavy atom. The summed E-state index contributed by atoms with van der Waals surface area (Å²) < 4.78 is 0. The average Bonchev–Trinajstić information content (AvgIpc) is 3.12. The molecule has 45 heavy (non-hydrogen) atoms. The Hall–Kier alpha value is -5.92. The van der Waals surface area contributed by atoms with Crippen LogP contribution in [-0.2, 0) is 0 Å². The van der Waals surface area contributed by atoms with Crippen LogP contribution in [0.3, 0.4) is 0 Å². The molecule has 0 spiro atoms. The zero-order chi connectivity index (χ0) is 29.7. The number of fused-ring (bicyclic) bond motifs is 8. The molecule has 0 saturated carbocycles. The van der Waals surface area contributed by atoms with Crippen LogP contribution in [0.1, 0.15) is 0 Å². The van der Waals surface area contributed by atoms with Crippen molar-refractivity contribution in [2.45, 2.75) is 0 Å². The number of rotatable bonds is 4. The summed E-state index contributed by atoms with van der Waals surface area (Å²) in [6.45, 7) is 0. The summed E-state index contributed by atoms with van der Waals surface area (Å²) in [4.78, 5) is 2.42. The quantitative estimate of drug-likeness (QED) is 0.190. The third-order valence-electron chi connectivity index (χ3n) is 9.15. The summed E-state index contributed by atoms with van der Waals surface area (Å²) in [5.41, 5.74) is 5.91. The van der Waals surface area contributed by atoms with Gasteiger partial charge in [-0.2, -0.15) is 0 Å². The molecule has 0 amide bonds. The summed E-state index contributed by atoms with van der Waals surface area (Å²) >= 11 is 0. The predicted molar refractivity (Wildman–Crippen MR) is 194 cm³/mol. The fraction of sp³-hybridized carbons (Fsp3) is 0. The zero-order valence-electron chi connectivity index (χ0n) is 24.7. The Morgan fingerprint density at radius 2 is 0.867 bits per heavy atom. The van der Waals surface area contributed by atoms with E-state index in [2.05, 4.69) is 181 Å². The molecule has 1 heteroatoms. The van der Waals surface area contributed by atoms with Gasteiger partial charge in [0.25, 0.3) is 0 Å². The Kier molecular flexibility index (Phi) is 5.89. The second-order valence-corrected chi connectivity index (χ2v) is 11.8. The number of benzene rings is 9. The fourth-order valence-corrected chi connectivity index (χ4v) is 7.05. The van der Waals surface area contributed by atoms with Crippen LogP contribution in [-0.4, -0.2) is 0 Å². The van der Waals surface area contributed by atoms with Gasteiger partial charge in [0.05, 0.1) is 5.69 Å². The second-order valence-electron chi connectivity index (χ2n) is 11.8. The van der Waals surface area contributed by atoms with E-state index in [9.17, 15) is 0 Å². The van der Waals surface area contributed by atoms with Gasteiger partial charge in [-0.15, -0.1) is 0 Å². The smallest absolute Gasteiger partial charge is 0.0546 e. The van der Waals surface area contributed by atoms with E-state index in [1.165, 1.54) is 70.7 Å². The number of hydrogen-bond donors (Lipinski definition) is 0. The normalized spacial score (nSPS) is 11.6. The van der Waals surface area contributed by atoms with Crippen LogP contribution in [0.2, 0.25) is 0 Å². The molecular formula is C44H29N. The van der Waals surface area contributed by atoms with Gasteiger partial charge in [0.15, 0.2) is 0 Å². The summed E-state index contributed by atoms with van der Waals surface area (Å²) in [6.07, 6.45) is 0. The van der Waals surface area contributed by atoms with Crippen LogP contribution in [0.15, 0.2) is 176 Å². The lowest BCUT2D eigenvalue weighted by atomic mass is 9.92. The van der Waals surface area contributed by atoms with E-state index in [-0.39, 0.29) is 0 Å². The van der Waals surface area contributed by atoms with E-state index in [0.717, 1.165) is 11.4 Å². The first-order chi connectivity index (χ1) is 22.3. The SMILES string of the molecule is c1ccc(-c2ccc3cc(N(c4ccccc4)c4cc5ccc6ccc7ccccc7c6c5c5ccccc45)ccc3c2)cc1. The van der Waals surface area contributed by atoms with Crippen molar-refractivity contribution in [1.29, 1.82) is 0 Å². The Balaban J connectivity index is 1.30. The van der Waals surface area contributed by atoms with Crippen molar-refractivity contribution in [3.63, 3.8) is 0 Å². The molecule has 0 unspecified atom stereocenters. The molecule has 0 N–H and O–H groups in total. The van der Waals surface area contributed by atoms with Crippen LogP contribution in [0.4, 0.5) is 17.1 Å². The zero-order valence-corrected chi connectivity index (χ0v) is 24.7. The predicted octanol–water partition coefficient (Wildman–Crippen LogP) is 12.6. The van der Waals surface area contributed by atoms with Gasteiger partial charge < -0.3 is 4.90 Å². The van der Waals surface area contributed by atoms with Crippen molar-refractivity contribution in [1.82, 2.24) is 0 Å². The largest absolute Gasteiger partial charge is 0.310 e. The van der Waals surface area contributed by atoms with Gasteiger partial charge in [-0.25, -0.2) is 0 Å². The highest BCUT2D eigenvalue weighted by Gasteiger charge is 2.19. The Bertz CT molecular complexity index is 2530. The molecule has 210 valence electrons. The third-order valence-corrected chi connectivity index (χ3v) is 9.15. The average molecular weight is 572 g/mol. The van der Waals surface area contributed by atoms with Gasteiger partial charge in [0, 0.05) is 16.8 Å². The van der Waals surface area contributed by atoms with Gasteiger partial charge in [-0.1, -0.05) is 140 Å². The standard InChI is InChI=1S/C44H29N/c1-3-11-30(12-4-1)33-22-23-35-28-38(26-25-34(35)27-33)45(37-14-5-2-6-15-37)42-29-36-24-21-32-20-19-31-13-7-8-16-39(31)43(32)44(36)41-18-10-9-17-40(41)42/h1-29H. The van der Waals surface area contributed by atoms with E-state index < -0.39 is 0 Å². The van der Waals surface area contributed by atoms with E-state index >= 15 is 0 Å². The van der Waals surface area contributed by atoms with Crippen LogP contribution in [0.5, 0.6) is 0 Å². The maximum Gasteiger partial charge on any atom is 0.0546 e. The first-order valence-electron chi connectivity index (χ1n) is 15.5. The molecule has 0 bridgehead atoms. The highest BCUT2D eigenvalue weighted by Crippen LogP contribution is 2.45. The third kappa shape index (κ3) is 4.24. The van der Waals surface area contributed by atoms with Crippen molar-refractivity contribution in [2.75, 3.05) is 4.90 Å². The lowest BCUT2D eigenvalue weighted by Crippen LogP contribution is -2.10. The maximum absolute atomic E-state index is 2.42. The molecule has 1 nitrogen and oxygen atoms in total. The molecular weight excluding hydrogens is 542 g/mol. The number of para-hydroxylation sites is 1. The molecule has 0 aliphatic carbocycles. The molecule has 9 aromatic carbocycles. The highest BCUT2D eigenvalue weighted by atomic mass is 15.1. The molecule has 9 aromatic rings. The number of anilines is 3. The van der Waals surface area contributed by atoms with Crippen LogP contribution in [0, 0.1) is 0 Å². The van der Waals surface area contributed by atoms with Gasteiger partial charge in [-0.05, 0) is 96.0 Å². The topological polar surface area (TPSA) is 3.24 Å². The minimum Gasteiger partial charge on any atom is -0.310 e. The molecule has 0 aromatic heterocycles. The minimum absolute atomic E-state index is 1.13. The van der Waals surface area contributed by atoms with Gasteiger partial charge in [0.1, 0.15) is 0 Å². The molecule has 0 fully saturated rings. The lowest BCUT2D eigenvalue weighted by molar-refractivity contribution is 1.31. The molecule has 0 heterocycles. The van der Waals surface area contributed by atoms with Gasteiger partial charge in [0.2, 0.25) is 0 Å². The van der Waals surface area contributed by atoms with Crippen molar-refractivity contribution < 1.29 is 0 Å². The van der Waals surface area contributed by atoms with Crippen LogP contribution >= 0.6 is 0 Å². The fourth-order valence-electron chi connectivity index (χ4n) is 7.05. The first-order valence-corrected chi connectivity index (χ1v) is 15.5. The molecule has 0 atom stereocenters. The Labute approximate surface area is 262 Å². The van der Waals surface area contributed by atoms with Crippen molar-refractivity contribution in [3.8, 4) is 11.1 Å². The summed E-state index contributed by atoms with van der Waals surface area (Å²) in [5, 5.41) is 12.6. The maximum atomic E-state index is 2.42. The molecule has 0 aliphatic rings. The van der Waals surface area contributed by atoms with E-state index in [1.54, 1.807) is 0 Å². The van der Waals surface area contributed by atoms with Crippen molar-refractivity contribution in [2.24, 2.45) is 0 Å². The minimum atomic E-state index is 1.13. The summed E-state index contributed by atoms with van der Waals surface area (Å²) in [6, 6.07) is 64.0. The summed E-state index contributed by atoms with van der Waals surface area (Å²) in [7, 11) is 0. The first kappa shape index (κ1) is 25.6. The van der Waals surface area contributed by atoms with Crippen molar-refractivity contribution >= 4 is 70.9 Å². The number of nitrogens with zero attached hydrogens (tertiary/aromatic N) is 1. The molecule has 9 rings (SSSR count). The highest BCUT2D eigenvalue weighted by molar-refractivity contribution is 6.29. The molecule has 0 saturated heterocycles. The van der Waals surface area contributed by atoms with E-state index in [0.29, 0.717) is 0 Å². The lowest BCUT2D eigenvalue weighted by Gasteiger charge is -2.28. The second kappa shape index (κ2) is 10.4. The van der Waals surface area contributed by atoms with Crippen LogP contribution in [0.25, 0.3) is 65.0 Å².